The van der Waals surface area contributed by atoms with Gasteiger partial charge in [-0.3, -0.25) is 4.79 Å². The van der Waals surface area contributed by atoms with Crippen LogP contribution in [0.1, 0.15) is 42.9 Å². The van der Waals surface area contributed by atoms with Gasteiger partial charge in [-0.25, -0.2) is 0 Å². The standard InChI is InChI=1S/C21H31N3O4S/c1-16-7-3-4-8-18(16)21-19-15-22(20(26)9-12-25)13-17(19)14-24(21)29(27,28)23-10-5-2-6-11-23/h3-4,7-8,17,19,21,25H,2,5-6,9-15H2,1H3/t17-,19-,21+/m0/s1. The molecular weight excluding hydrogens is 390 g/mol. The van der Waals surface area contributed by atoms with Crippen LogP contribution in [0.2, 0.25) is 0 Å². The largest absolute Gasteiger partial charge is 0.396 e. The average Bonchev–Trinajstić information content (AvgIpc) is 3.28. The van der Waals surface area contributed by atoms with Crippen molar-refractivity contribution in [3.63, 3.8) is 0 Å². The van der Waals surface area contributed by atoms with Crippen LogP contribution in [-0.4, -0.2) is 72.3 Å². The van der Waals surface area contributed by atoms with Crippen LogP contribution in [0, 0.1) is 18.8 Å². The fraction of sp³-hybridized carbons (Fsp3) is 0.667. The highest BCUT2D eigenvalue weighted by atomic mass is 32.2. The van der Waals surface area contributed by atoms with E-state index in [-0.39, 0.29) is 36.8 Å². The third-order valence-electron chi connectivity index (χ3n) is 6.75. The Morgan fingerprint density at radius 2 is 1.83 bits per heavy atom. The summed E-state index contributed by atoms with van der Waals surface area (Å²) in [7, 11) is -3.54. The van der Waals surface area contributed by atoms with Crippen LogP contribution in [0.3, 0.4) is 0 Å². The molecule has 1 aromatic carbocycles. The lowest BCUT2D eigenvalue weighted by Gasteiger charge is -2.35. The lowest BCUT2D eigenvalue weighted by Crippen LogP contribution is -2.47. The maximum atomic E-state index is 13.6. The Morgan fingerprint density at radius 1 is 1.10 bits per heavy atom. The van der Waals surface area contributed by atoms with Crippen LogP contribution in [0.4, 0.5) is 0 Å². The minimum absolute atomic E-state index is 0.0455. The maximum Gasteiger partial charge on any atom is 0.282 e. The molecule has 3 saturated heterocycles. The minimum Gasteiger partial charge on any atom is -0.396 e. The molecule has 0 saturated carbocycles. The molecule has 3 fully saturated rings. The molecule has 3 heterocycles. The van der Waals surface area contributed by atoms with E-state index >= 15 is 0 Å². The molecule has 3 atom stereocenters. The summed E-state index contributed by atoms with van der Waals surface area (Å²) in [6, 6.07) is 7.74. The van der Waals surface area contributed by atoms with Gasteiger partial charge >= 0.3 is 0 Å². The first-order valence-corrected chi connectivity index (χ1v) is 12.0. The number of aliphatic hydroxyl groups excluding tert-OH is 1. The minimum atomic E-state index is -3.54. The van der Waals surface area contributed by atoms with Crippen molar-refractivity contribution in [1.29, 1.82) is 0 Å². The summed E-state index contributed by atoms with van der Waals surface area (Å²) < 4.78 is 30.5. The summed E-state index contributed by atoms with van der Waals surface area (Å²) in [6.07, 6.45) is 3.04. The van der Waals surface area contributed by atoms with E-state index in [0.717, 1.165) is 30.4 Å². The maximum absolute atomic E-state index is 13.6. The second-order valence-electron chi connectivity index (χ2n) is 8.53. The summed E-state index contributed by atoms with van der Waals surface area (Å²) >= 11 is 0. The van der Waals surface area contributed by atoms with E-state index < -0.39 is 10.2 Å². The van der Waals surface area contributed by atoms with Crippen LogP contribution in [0.15, 0.2) is 24.3 Å². The van der Waals surface area contributed by atoms with Gasteiger partial charge in [0.2, 0.25) is 5.91 Å². The number of fused-ring (bicyclic) bond motifs is 1. The zero-order chi connectivity index (χ0) is 20.6. The zero-order valence-corrected chi connectivity index (χ0v) is 17.9. The molecule has 1 aromatic rings. The number of hydrogen-bond donors (Lipinski definition) is 1. The smallest absolute Gasteiger partial charge is 0.282 e. The van der Waals surface area contributed by atoms with Gasteiger partial charge in [-0.05, 0) is 36.8 Å². The zero-order valence-electron chi connectivity index (χ0n) is 17.0. The summed E-state index contributed by atoms with van der Waals surface area (Å²) in [5, 5.41) is 9.12. The van der Waals surface area contributed by atoms with Gasteiger partial charge in [-0.15, -0.1) is 0 Å². The van der Waals surface area contributed by atoms with Crippen LogP contribution in [-0.2, 0) is 15.0 Å². The molecule has 3 aliphatic rings. The van der Waals surface area contributed by atoms with Gasteiger partial charge < -0.3 is 10.0 Å². The van der Waals surface area contributed by atoms with Gasteiger partial charge in [0.05, 0.1) is 12.6 Å². The van der Waals surface area contributed by atoms with E-state index in [9.17, 15) is 13.2 Å². The molecule has 7 nitrogen and oxygen atoms in total. The first kappa shape index (κ1) is 20.8. The summed E-state index contributed by atoms with van der Waals surface area (Å²) in [5.41, 5.74) is 2.12. The van der Waals surface area contributed by atoms with Crippen LogP contribution in [0.25, 0.3) is 0 Å². The number of nitrogens with zero attached hydrogens (tertiary/aromatic N) is 3. The van der Waals surface area contributed by atoms with E-state index in [0.29, 0.717) is 32.7 Å². The predicted octanol–water partition coefficient (Wildman–Crippen LogP) is 1.54. The molecule has 0 radical (unpaired) electrons. The molecule has 0 aliphatic carbocycles. The van der Waals surface area contributed by atoms with Gasteiger partial charge in [0.25, 0.3) is 10.2 Å². The Labute approximate surface area is 173 Å². The number of carbonyl (C=O) groups excluding carboxylic acids is 1. The number of hydrogen-bond acceptors (Lipinski definition) is 4. The van der Waals surface area contributed by atoms with E-state index in [1.165, 1.54) is 0 Å². The van der Waals surface area contributed by atoms with Gasteiger partial charge in [0.1, 0.15) is 0 Å². The third kappa shape index (κ3) is 3.83. The highest BCUT2D eigenvalue weighted by Gasteiger charge is 2.53. The molecule has 8 heteroatoms. The molecule has 0 spiro atoms. The highest BCUT2D eigenvalue weighted by Crippen LogP contribution is 2.47. The molecule has 0 bridgehead atoms. The van der Waals surface area contributed by atoms with E-state index in [2.05, 4.69) is 0 Å². The molecule has 4 rings (SSSR count). The number of benzene rings is 1. The van der Waals surface area contributed by atoms with Crippen molar-refractivity contribution < 1.29 is 18.3 Å². The van der Waals surface area contributed by atoms with Crippen molar-refractivity contribution in [2.24, 2.45) is 11.8 Å². The van der Waals surface area contributed by atoms with E-state index in [4.69, 9.17) is 5.11 Å². The molecule has 0 aromatic heterocycles. The van der Waals surface area contributed by atoms with Crippen molar-refractivity contribution >= 4 is 16.1 Å². The monoisotopic (exact) mass is 421 g/mol. The Bertz CT molecular complexity index is 853. The first-order valence-electron chi connectivity index (χ1n) is 10.6. The average molecular weight is 422 g/mol. The Balaban J connectivity index is 1.66. The van der Waals surface area contributed by atoms with Gasteiger partial charge in [0.15, 0.2) is 0 Å². The fourth-order valence-corrected chi connectivity index (χ4v) is 7.20. The summed E-state index contributed by atoms with van der Waals surface area (Å²) in [6.45, 7) is 4.63. The van der Waals surface area contributed by atoms with Crippen LogP contribution in [0.5, 0.6) is 0 Å². The normalized spacial score (nSPS) is 28.6. The molecule has 29 heavy (non-hydrogen) atoms. The number of rotatable bonds is 5. The Kier molecular flexibility index (Phi) is 5.97. The number of amides is 1. The highest BCUT2D eigenvalue weighted by molar-refractivity contribution is 7.86. The van der Waals surface area contributed by atoms with Crippen molar-refractivity contribution in [2.45, 2.75) is 38.6 Å². The molecule has 160 valence electrons. The number of aliphatic hydroxyl groups is 1. The van der Waals surface area contributed by atoms with Gasteiger partial charge in [-0.1, -0.05) is 30.7 Å². The quantitative estimate of drug-likeness (QED) is 0.782. The van der Waals surface area contributed by atoms with Crippen LogP contribution >= 0.6 is 0 Å². The van der Waals surface area contributed by atoms with Crippen molar-refractivity contribution in [2.75, 3.05) is 39.3 Å². The summed E-state index contributed by atoms with van der Waals surface area (Å²) in [4.78, 5) is 14.1. The predicted molar refractivity (Wildman–Crippen MR) is 110 cm³/mol. The molecular formula is C21H31N3O4S. The van der Waals surface area contributed by atoms with Crippen LogP contribution < -0.4 is 0 Å². The lowest BCUT2D eigenvalue weighted by atomic mass is 9.88. The molecule has 0 unspecified atom stereocenters. The van der Waals surface area contributed by atoms with Gasteiger partial charge in [0, 0.05) is 45.1 Å². The SMILES string of the molecule is Cc1ccccc1[C@@H]1[C@H]2CN(C(=O)CCO)C[C@H]2CN1S(=O)(=O)N1CCCCC1. The number of piperidine rings is 1. The third-order valence-corrected chi connectivity index (χ3v) is 8.73. The molecule has 1 N–H and O–H groups in total. The number of carbonyl (C=O) groups is 1. The lowest BCUT2D eigenvalue weighted by molar-refractivity contribution is -0.131. The van der Waals surface area contributed by atoms with E-state index in [1.54, 1.807) is 8.61 Å². The second kappa shape index (κ2) is 8.34. The number of likely N-dealkylation sites (tertiary alicyclic amines) is 1. The molecule has 1 amide bonds. The molecule has 3 aliphatic heterocycles. The first-order chi connectivity index (χ1) is 13.9. The summed E-state index contributed by atoms with van der Waals surface area (Å²) in [5.74, 6) is 0.163. The Hall–Kier alpha value is -1.48. The van der Waals surface area contributed by atoms with Crippen molar-refractivity contribution in [3.8, 4) is 0 Å². The van der Waals surface area contributed by atoms with Crippen molar-refractivity contribution in [1.82, 2.24) is 13.5 Å². The Morgan fingerprint density at radius 3 is 2.52 bits per heavy atom. The van der Waals surface area contributed by atoms with E-state index in [1.807, 2.05) is 36.1 Å². The fourth-order valence-electron chi connectivity index (χ4n) is 5.25. The number of aryl methyl sites for hydroxylation is 1. The van der Waals surface area contributed by atoms with Gasteiger partial charge in [-0.2, -0.15) is 17.0 Å². The van der Waals surface area contributed by atoms with Crippen molar-refractivity contribution in [3.05, 3.63) is 35.4 Å². The second-order valence-corrected chi connectivity index (χ2v) is 10.4. The topological polar surface area (TPSA) is 81.2 Å².